The quantitative estimate of drug-likeness (QED) is 0.629. The fourth-order valence-electron chi connectivity index (χ4n) is 2.63. The molecule has 0 aromatic rings. The molecule has 1 spiro atoms. The normalized spacial score (nSPS) is 22.5. The van der Waals surface area contributed by atoms with Crippen LogP contribution < -0.4 is 0 Å². The lowest BCUT2D eigenvalue weighted by molar-refractivity contribution is -0.0328. The summed E-state index contributed by atoms with van der Waals surface area (Å²) < 4.78 is 11.1. The van der Waals surface area contributed by atoms with Gasteiger partial charge in [0.25, 0.3) is 0 Å². The predicted molar refractivity (Wildman–Crippen MR) is 69.5 cm³/mol. The van der Waals surface area contributed by atoms with Crippen molar-refractivity contribution >= 4 is 12.0 Å². The SMILES string of the molecule is CC(C)(C)OC(=O)N1CCC2(CC1)OCCC2=C=O. The van der Waals surface area contributed by atoms with Gasteiger partial charge in [-0.15, -0.1) is 0 Å². The van der Waals surface area contributed by atoms with Crippen molar-refractivity contribution in [1.29, 1.82) is 0 Å². The molecule has 0 radical (unpaired) electrons. The predicted octanol–water partition coefficient (Wildman–Crippen LogP) is 1.93. The van der Waals surface area contributed by atoms with Crippen LogP contribution in [-0.2, 0) is 14.3 Å². The second-order valence-corrected chi connectivity index (χ2v) is 6.14. The number of rotatable bonds is 0. The van der Waals surface area contributed by atoms with Crippen LogP contribution in [0.1, 0.15) is 40.0 Å². The van der Waals surface area contributed by atoms with Crippen LogP contribution in [0, 0.1) is 0 Å². The number of amides is 1. The second-order valence-electron chi connectivity index (χ2n) is 6.14. The summed E-state index contributed by atoms with van der Waals surface area (Å²) in [4.78, 5) is 24.6. The first-order valence-corrected chi connectivity index (χ1v) is 6.73. The zero-order chi connectivity index (χ0) is 14.1. The Morgan fingerprint density at radius 3 is 2.53 bits per heavy atom. The molecule has 2 fully saturated rings. The molecule has 0 aromatic heterocycles. The Balaban J connectivity index is 1.96. The third-order valence-corrected chi connectivity index (χ3v) is 3.63. The van der Waals surface area contributed by atoms with Crippen molar-refractivity contribution < 1.29 is 19.1 Å². The van der Waals surface area contributed by atoms with Crippen molar-refractivity contribution in [2.75, 3.05) is 19.7 Å². The van der Waals surface area contributed by atoms with Crippen molar-refractivity contribution in [2.24, 2.45) is 0 Å². The Morgan fingerprint density at radius 1 is 1.37 bits per heavy atom. The molecule has 106 valence electrons. The highest BCUT2D eigenvalue weighted by molar-refractivity contribution is 5.68. The third-order valence-electron chi connectivity index (χ3n) is 3.63. The maximum Gasteiger partial charge on any atom is 0.410 e. The van der Waals surface area contributed by atoms with Gasteiger partial charge in [-0.05, 0) is 33.6 Å². The highest BCUT2D eigenvalue weighted by Gasteiger charge is 2.44. The van der Waals surface area contributed by atoms with E-state index >= 15 is 0 Å². The van der Waals surface area contributed by atoms with E-state index in [1.165, 1.54) is 0 Å². The molecule has 2 aliphatic rings. The first kappa shape index (κ1) is 14.1. The van der Waals surface area contributed by atoms with E-state index in [1.807, 2.05) is 26.7 Å². The molecule has 0 atom stereocenters. The molecular weight excluding hydrogens is 246 g/mol. The molecule has 5 heteroatoms. The number of likely N-dealkylation sites (tertiary alicyclic amines) is 1. The molecule has 0 saturated carbocycles. The summed E-state index contributed by atoms with van der Waals surface area (Å²) in [6, 6.07) is 0. The molecule has 0 unspecified atom stereocenters. The number of carbonyl (C=O) groups is 1. The Morgan fingerprint density at radius 2 is 2.00 bits per heavy atom. The summed E-state index contributed by atoms with van der Waals surface area (Å²) in [5.41, 5.74) is -0.235. The fourth-order valence-corrected chi connectivity index (χ4v) is 2.63. The summed E-state index contributed by atoms with van der Waals surface area (Å²) in [5, 5.41) is 0. The lowest BCUT2D eigenvalue weighted by atomic mass is 9.85. The minimum atomic E-state index is -0.482. The average molecular weight is 267 g/mol. The molecule has 0 aliphatic carbocycles. The maximum absolute atomic E-state index is 11.9. The molecule has 19 heavy (non-hydrogen) atoms. The zero-order valence-electron chi connectivity index (χ0n) is 11.8. The van der Waals surface area contributed by atoms with Gasteiger partial charge in [0.15, 0.2) is 0 Å². The van der Waals surface area contributed by atoms with E-state index in [1.54, 1.807) is 4.90 Å². The van der Waals surface area contributed by atoms with Crippen LogP contribution in [0.3, 0.4) is 0 Å². The summed E-state index contributed by atoms with van der Waals surface area (Å²) in [7, 11) is 0. The van der Waals surface area contributed by atoms with Crippen molar-refractivity contribution in [2.45, 2.75) is 51.2 Å². The van der Waals surface area contributed by atoms with E-state index < -0.39 is 11.2 Å². The van der Waals surface area contributed by atoms with Gasteiger partial charge in [-0.1, -0.05) is 0 Å². The summed E-state index contributed by atoms with van der Waals surface area (Å²) in [6.45, 7) is 7.24. The average Bonchev–Trinajstić information content (AvgIpc) is 2.70. The smallest absolute Gasteiger partial charge is 0.410 e. The highest BCUT2D eigenvalue weighted by atomic mass is 16.6. The van der Waals surface area contributed by atoms with E-state index in [9.17, 15) is 9.59 Å². The monoisotopic (exact) mass is 267 g/mol. The highest BCUT2D eigenvalue weighted by Crippen LogP contribution is 2.38. The Labute approximate surface area is 113 Å². The Hall–Kier alpha value is -1.32. The summed E-state index contributed by atoms with van der Waals surface area (Å²) in [5.74, 6) is 2.01. The lowest BCUT2D eigenvalue weighted by Crippen LogP contribution is -2.48. The van der Waals surface area contributed by atoms with Crippen molar-refractivity contribution in [3.8, 4) is 0 Å². The van der Waals surface area contributed by atoms with E-state index in [0.29, 0.717) is 39.0 Å². The topological polar surface area (TPSA) is 55.8 Å². The molecule has 2 rings (SSSR count). The van der Waals surface area contributed by atoms with Crippen LogP contribution in [0.4, 0.5) is 4.79 Å². The molecule has 2 heterocycles. The molecule has 1 amide bonds. The zero-order valence-corrected chi connectivity index (χ0v) is 11.8. The van der Waals surface area contributed by atoms with Gasteiger partial charge in [0, 0.05) is 25.1 Å². The van der Waals surface area contributed by atoms with Crippen molar-refractivity contribution in [1.82, 2.24) is 4.90 Å². The van der Waals surface area contributed by atoms with E-state index in [-0.39, 0.29) is 6.09 Å². The largest absolute Gasteiger partial charge is 0.444 e. The first-order chi connectivity index (χ1) is 8.86. The summed E-state index contributed by atoms with van der Waals surface area (Å²) >= 11 is 0. The van der Waals surface area contributed by atoms with E-state index in [0.717, 1.165) is 5.57 Å². The molecular formula is C14H21NO4. The maximum atomic E-state index is 11.9. The number of hydrogen-bond donors (Lipinski definition) is 0. The first-order valence-electron chi connectivity index (χ1n) is 6.73. The minimum absolute atomic E-state index is 0.294. The van der Waals surface area contributed by atoms with Gasteiger partial charge in [-0.25, -0.2) is 9.59 Å². The van der Waals surface area contributed by atoms with Crippen molar-refractivity contribution in [3.63, 3.8) is 0 Å². The van der Waals surface area contributed by atoms with Gasteiger partial charge in [-0.3, -0.25) is 0 Å². The van der Waals surface area contributed by atoms with Gasteiger partial charge in [-0.2, -0.15) is 0 Å². The Bertz CT molecular complexity index is 410. The van der Waals surface area contributed by atoms with Crippen LogP contribution in [0.2, 0.25) is 0 Å². The standard InChI is InChI=1S/C14H21NO4/c1-13(2,3)19-12(17)15-7-5-14(6-8-15)11(10-16)4-9-18-14/h4-9H2,1-3H3. The van der Waals surface area contributed by atoms with E-state index in [2.05, 4.69) is 0 Å². The van der Waals surface area contributed by atoms with Crippen LogP contribution >= 0.6 is 0 Å². The van der Waals surface area contributed by atoms with Crippen LogP contribution in [-0.4, -0.2) is 47.8 Å². The minimum Gasteiger partial charge on any atom is -0.444 e. The number of carbonyl (C=O) groups excluding carboxylic acids is 2. The van der Waals surface area contributed by atoms with Gasteiger partial charge < -0.3 is 14.4 Å². The molecule has 0 N–H and O–H groups in total. The van der Waals surface area contributed by atoms with Gasteiger partial charge in [0.2, 0.25) is 0 Å². The lowest BCUT2D eigenvalue weighted by Gasteiger charge is -2.38. The number of ether oxygens (including phenoxy) is 2. The molecule has 5 nitrogen and oxygen atoms in total. The molecule has 2 aliphatic heterocycles. The third kappa shape index (κ3) is 2.99. The molecule has 2 saturated heterocycles. The van der Waals surface area contributed by atoms with Crippen LogP contribution in [0.5, 0.6) is 0 Å². The van der Waals surface area contributed by atoms with Crippen LogP contribution in [0.25, 0.3) is 0 Å². The van der Waals surface area contributed by atoms with Gasteiger partial charge >= 0.3 is 6.09 Å². The molecule has 0 aromatic carbocycles. The number of nitrogens with zero attached hydrogens (tertiary/aromatic N) is 1. The number of piperidine rings is 1. The van der Waals surface area contributed by atoms with Gasteiger partial charge in [0.05, 0.1) is 6.61 Å². The second kappa shape index (κ2) is 4.99. The van der Waals surface area contributed by atoms with Gasteiger partial charge in [0.1, 0.15) is 17.1 Å². The fraction of sp³-hybridized carbons (Fsp3) is 0.786. The molecule has 0 bridgehead atoms. The van der Waals surface area contributed by atoms with E-state index in [4.69, 9.17) is 9.47 Å². The summed E-state index contributed by atoms with van der Waals surface area (Å²) in [6.07, 6.45) is 1.67. The Kier molecular flexibility index (Phi) is 3.70. The number of hydrogen-bond acceptors (Lipinski definition) is 4. The van der Waals surface area contributed by atoms with Crippen LogP contribution in [0.15, 0.2) is 5.57 Å². The van der Waals surface area contributed by atoms with Crippen molar-refractivity contribution in [3.05, 3.63) is 5.57 Å².